The summed E-state index contributed by atoms with van der Waals surface area (Å²) in [6.07, 6.45) is 3.79. The Morgan fingerprint density at radius 1 is 1.08 bits per heavy atom. The van der Waals surface area contributed by atoms with Crippen LogP contribution in [-0.2, 0) is 11.3 Å². The smallest absolute Gasteiger partial charge is 0.410 e. The molecule has 0 unspecified atom stereocenters. The maximum absolute atomic E-state index is 13.1. The van der Waals surface area contributed by atoms with E-state index in [9.17, 15) is 18.0 Å². The van der Waals surface area contributed by atoms with Gasteiger partial charge in [0.15, 0.2) is 5.75 Å². The van der Waals surface area contributed by atoms with Gasteiger partial charge in [-0.25, -0.2) is 19.2 Å². The van der Waals surface area contributed by atoms with Crippen molar-refractivity contribution in [3.63, 3.8) is 0 Å². The lowest BCUT2D eigenvalue weighted by Gasteiger charge is -2.58. The fourth-order valence-corrected chi connectivity index (χ4v) is 5.80. The van der Waals surface area contributed by atoms with Crippen LogP contribution in [0.5, 0.6) is 5.75 Å². The van der Waals surface area contributed by atoms with Crippen molar-refractivity contribution in [3.8, 4) is 5.75 Å². The van der Waals surface area contributed by atoms with Crippen molar-refractivity contribution in [3.05, 3.63) is 48.0 Å². The Morgan fingerprint density at radius 3 is 2.28 bits per heavy atom. The minimum absolute atomic E-state index is 0.0754. The molecule has 2 aromatic rings. The number of amides is 1. The highest BCUT2D eigenvalue weighted by molar-refractivity contribution is 5.69. The first kappa shape index (κ1) is 24.6. The van der Waals surface area contributed by atoms with Gasteiger partial charge in [-0.05, 0) is 44.4 Å². The molecule has 1 spiro atoms. The third-order valence-electron chi connectivity index (χ3n) is 7.28. The zero-order chi connectivity index (χ0) is 25.4. The van der Waals surface area contributed by atoms with E-state index in [1.165, 1.54) is 24.5 Å². The van der Waals surface area contributed by atoms with Gasteiger partial charge in [0.1, 0.15) is 11.9 Å². The molecule has 1 aromatic heterocycles. The van der Waals surface area contributed by atoms with Crippen molar-refractivity contribution in [2.24, 2.45) is 5.41 Å². The molecule has 5 rings (SSSR count). The maximum atomic E-state index is 13.1. The van der Waals surface area contributed by atoms with E-state index in [1.54, 1.807) is 4.90 Å². The predicted octanol–water partition coefficient (Wildman–Crippen LogP) is 3.92. The molecule has 194 valence electrons. The molecule has 1 aliphatic carbocycles. The van der Waals surface area contributed by atoms with E-state index in [2.05, 4.69) is 19.6 Å². The number of piperazine rings is 1. The van der Waals surface area contributed by atoms with Crippen LogP contribution in [0.2, 0.25) is 0 Å². The molecule has 0 bridgehead atoms. The minimum Gasteiger partial charge on any atom is -0.446 e. The van der Waals surface area contributed by atoms with Crippen LogP contribution in [0.15, 0.2) is 36.7 Å². The summed E-state index contributed by atoms with van der Waals surface area (Å²) >= 11 is 0. The Balaban J connectivity index is 1.07. The van der Waals surface area contributed by atoms with Gasteiger partial charge in [-0.15, -0.1) is 0 Å². The van der Waals surface area contributed by atoms with Gasteiger partial charge in [-0.3, -0.25) is 9.80 Å². The lowest BCUT2D eigenvalue weighted by Crippen LogP contribution is -2.65. The highest BCUT2D eigenvalue weighted by atomic mass is 19.3. The van der Waals surface area contributed by atoms with Gasteiger partial charge in [0, 0.05) is 38.1 Å². The molecule has 2 atom stereocenters. The molecular formula is C25H30F3N5O3. The van der Waals surface area contributed by atoms with Crippen molar-refractivity contribution in [2.75, 3.05) is 31.1 Å². The van der Waals surface area contributed by atoms with Gasteiger partial charge in [-0.1, -0.05) is 12.1 Å². The molecule has 0 N–H and O–H groups in total. The number of ether oxygens (including phenoxy) is 2. The summed E-state index contributed by atoms with van der Waals surface area (Å²) in [5, 5.41) is 0. The second-order valence-electron chi connectivity index (χ2n) is 10.3. The fourth-order valence-electron chi connectivity index (χ4n) is 5.80. The van der Waals surface area contributed by atoms with Crippen LogP contribution in [0.1, 0.15) is 32.3 Å². The van der Waals surface area contributed by atoms with E-state index in [0.717, 1.165) is 38.0 Å². The molecule has 1 amide bonds. The number of hydrogen-bond donors (Lipinski definition) is 0. The van der Waals surface area contributed by atoms with Crippen LogP contribution < -0.4 is 9.64 Å². The third kappa shape index (κ3) is 5.21. The van der Waals surface area contributed by atoms with E-state index in [4.69, 9.17) is 4.74 Å². The Kier molecular flexibility index (Phi) is 6.67. The van der Waals surface area contributed by atoms with Crippen LogP contribution in [0.3, 0.4) is 0 Å². The molecule has 2 saturated heterocycles. The molecule has 3 fully saturated rings. The fraction of sp³-hybridized carbons (Fsp3) is 0.560. The van der Waals surface area contributed by atoms with Crippen molar-refractivity contribution >= 4 is 12.0 Å². The van der Waals surface area contributed by atoms with E-state index in [0.29, 0.717) is 19.0 Å². The Morgan fingerprint density at radius 2 is 1.69 bits per heavy atom. The topological polar surface area (TPSA) is 71.0 Å². The monoisotopic (exact) mass is 505 g/mol. The largest absolute Gasteiger partial charge is 0.446 e. The highest BCUT2D eigenvalue weighted by Gasteiger charge is 2.54. The summed E-state index contributed by atoms with van der Waals surface area (Å²) in [6.45, 7) is 4.69. The van der Waals surface area contributed by atoms with Gasteiger partial charge in [0.2, 0.25) is 5.95 Å². The first-order valence-corrected chi connectivity index (χ1v) is 12.2. The number of alkyl halides is 2. The average molecular weight is 506 g/mol. The number of hydrogen-bond acceptors (Lipinski definition) is 7. The van der Waals surface area contributed by atoms with Crippen LogP contribution in [-0.4, -0.2) is 76.8 Å². The van der Waals surface area contributed by atoms with Crippen molar-refractivity contribution < 1.29 is 27.4 Å². The van der Waals surface area contributed by atoms with Gasteiger partial charge in [-0.2, -0.15) is 8.78 Å². The molecule has 2 aliphatic heterocycles. The lowest BCUT2D eigenvalue weighted by molar-refractivity contribution is -0.137. The lowest BCUT2D eigenvalue weighted by atomic mass is 9.61. The summed E-state index contributed by atoms with van der Waals surface area (Å²) in [6, 6.07) is 6.34. The second-order valence-corrected chi connectivity index (χ2v) is 10.3. The van der Waals surface area contributed by atoms with Gasteiger partial charge < -0.3 is 14.4 Å². The maximum Gasteiger partial charge on any atom is 0.410 e. The first-order chi connectivity index (χ1) is 17.2. The summed E-state index contributed by atoms with van der Waals surface area (Å²) in [5.41, 5.74) is 1.32. The number of likely N-dealkylation sites (tertiary alicyclic amines) is 1. The zero-order valence-electron chi connectivity index (χ0n) is 20.3. The predicted molar refractivity (Wildman–Crippen MR) is 125 cm³/mol. The van der Waals surface area contributed by atoms with E-state index in [1.807, 2.05) is 30.9 Å². The number of aromatic nitrogens is 2. The molecular weight excluding hydrogens is 475 g/mol. The summed E-state index contributed by atoms with van der Waals surface area (Å²) in [5.74, 6) is 0.0806. The normalized spacial score (nSPS) is 23.9. The van der Waals surface area contributed by atoms with Gasteiger partial charge in [0.05, 0.1) is 24.5 Å². The molecule has 1 aromatic carbocycles. The number of carbonyl (C=O) groups is 1. The molecule has 36 heavy (non-hydrogen) atoms. The highest BCUT2D eigenvalue weighted by Crippen LogP contribution is 2.50. The summed E-state index contributed by atoms with van der Waals surface area (Å²) < 4.78 is 47.9. The number of nitrogens with zero attached hydrogens (tertiary/aromatic N) is 5. The van der Waals surface area contributed by atoms with E-state index in [-0.39, 0.29) is 41.3 Å². The molecule has 11 heteroatoms. The number of anilines is 1. The molecule has 8 nitrogen and oxygen atoms in total. The van der Waals surface area contributed by atoms with Crippen molar-refractivity contribution in [1.82, 2.24) is 19.8 Å². The zero-order valence-corrected chi connectivity index (χ0v) is 20.3. The number of carbonyl (C=O) groups excluding carboxylic acids is 1. The Bertz CT molecular complexity index is 1050. The number of benzene rings is 1. The quantitative estimate of drug-likeness (QED) is 0.590. The van der Waals surface area contributed by atoms with Crippen LogP contribution in [0.25, 0.3) is 0 Å². The van der Waals surface area contributed by atoms with E-state index < -0.39 is 6.61 Å². The van der Waals surface area contributed by atoms with Gasteiger partial charge >= 0.3 is 12.7 Å². The Labute approximate surface area is 208 Å². The number of rotatable bonds is 6. The van der Waals surface area contributed by atoms with Crippen LogP contribution in [0.4, 0.5) is 23.9 Å². The first-order valence-electron chi connectivity index (χ1n) is 12.2. The van der Waals surface area contributed by atoms with Crippen molar-refractivity contribution in [1.29, 1.82) is 0 Å². The van der Waals surface area contributed by atoms with Crippen LogP contribution >= 0.6 is 0 Å². The van der Waals surface area contributed by atoms with Crippen molar-refractivity contribution in [2.45, 2.75) is 58.0 Å². The molecule has 3 aliphatic rings. The molecule has 0 radical (unpaired) electrons. The second kappa shape index (κ2) is 9.76. The summed E-state index contributed by atoms with van der Waals surface area (Å²) in [7, 11) is 0. The van der Waals surface area contributed by atoms with E-state index >= 15 is 0 Å². The van der Waals surface area contributed by atoms with Crippen LogP contribution in [0, 0.1) is 11.2 Å². The number of halogens is 3. The third-order valence-corrected chi connectivity index (χ3v) is 7.28. The molecule has 3 heterocycles. The standard InChI is InChI=1S/C25H30F3N5O3/c1-16-11-32(23-29-9-21(10-30-23)35-22(27)28)12-17(2)33(16)24(34)36-20-7-25(8-20)14-31(15-25)13-18-3-5-19(26)6-4-18/h3-6,9-10,16-17,20,22H,7-8,11-15H2,1-2H3/t16-,17+. The van der Waals surface area contributed by atoms with Gasteiger partial charge in [0.25, 0.3) is 0 Å². The SMILES string of the molecule is C[C@@H]1CN(c2ncc(OC(F)F)cn2)C[C@H](C)N1C(=O)OC1CC2(C1)CN(Cc1ccc(F)cc1)C2. The molecule has 1 saturated carbocycles. The summed E-state index contributed by atoms with van der Waals surface area (Å²) in [4.78, 5) is 27.3. The Hall–Kier alpha value is -3.08. The average Bonchev–Trinajstić information content (AvgIpc) is 2.77. The minimum atomic E-state index is -2.93.